The molecule has 0 aromatic carbocycles. The van der Waals surface area contributed by atoms with Crippen LogP contribution in [-0.4, -0.2) is 44.7 Å². The zero-order valence-corrected chi connectivity index (χ0v) is 11.4. The average Bonchev–Trinajstić information content (AvgIpc) is 3.14. The molecule has 0 amide bonds. The molecule has 0 radical (unpaired) electrons. The van der Waals surface area contributed by atoms with Crippen LogP contribution in [0.5, 0.6) is 0 Å². The van der Waals surface area contributed by atoms with Gasteiger partial charge in [-0.25, -0.2) is 4.98 Å². The standard InChI is InChI=1S/C13H18N6O/c1-2-14-13-18-11-10(15-6-16-11)12(19-13)17-8-5-7-3-4-9(8)20-7/h6-9H,2-5H2,1H3,(H3,14,15,16,17,18,19). The number of hydrogen-bond acceptors (Lipinski definition) is 6. The number of hydrogen-bond donors (Lipinski definition) is 3. The number of ether oxygens (including phenoxy) is 1. The molecular formula is C13H18N6O. The molecule has 3 N–H and O–H groups in total. The Morgan fingerprint density at radius 2 is 2.35 bits per heavy atom. The smallest absolute Gasteiger partial charge is 0.226 e. The summed E-state index contributed by atoms with van der Waals surface area (Å²) in [5, 5.41) is 6.65. The molecule has 2 aromatic heterocycles. The molecule has 7 nitrogen and oxygen atoms in total. The molecule has 2 aliphatic rings. The minimum absolute atomic E-state index is 0.315. The Morgan fingerprint density at radius 1 is 1.40 bits per heavy atom. The van der Waals surface area contributed by atoms with Crippen molar-refractivity contribution in [3.8, 4) is 0 Å². The van der Waals surface area contributed by atoms with Crippen LogP contribution in [0.15, 0.2) is 6.33 Å². The van der Waals surface area contributed by atoms with Crippen LogP contribution in [0.4, 0.5) is 11.8 Å². The summed E-state index contributed by atoms with van der Waals surface area (Å²) in [5.41, 5.74) is 1.54. The lowest BCUT2D eigenvalue weighted by Crippen LogP contribution is -2.31. The molecule has 7 heteroatoms. The lowest BCUT2D eigenvalue weighted by molar-refractivity contribution is 0.102. The van der Waals surface area contributed by atoms with Crippen LogP contribution in [0.1, 0.15) is 26.2 Å². The van der Waals surface area contributed by atoms with E-state index >= 15 is 0 Å². The third kappa shape index (κ3) is 1.89. The van der Waals surface area contributed by atoms with E-state index in [0.29, 0.717) is 29.8 Å². The van der Waals surface area contributed by atoms with E-state index in [-0.39, 0.29) is 0 Å². The van der Waals surface area contributed by atoms with Crippen molar-refractivity contribution in [2.24, 2.45) is 0 Å². The molecule has 0 spiro atoms. The largest absolute Gasteiger partial charge is 0.373 e. The summed E-state index contributed by atoms with van der Waals surface area (Å²) in [5.74, 6) is 1.42. The molecule has 20 heavy (non-hydrogen) atoms. The highest BCUT2D eigenvalue weighted by atomic mass is 16.5. The van der Waals surface area contributed by atoms with Gasteiger partial charge in [-0.05, 0) is 26.2 Å². The zero-order valence-electron chi connectivity index (χ0n) is 11.4. The normalized spacial score (nSPS) is 28.1. The van der Waals surface area contributed by atoms with Crippen molar-refractivity contribution in [1.29, 1.82) is 0 Å². The van der Waals surface area contributed by atoms with Crippen LogP contribution >= 0.6 is 0 Å². The summed E-state index contributed by atoms with van der Waals surface area (Å²) in [4.78, 5) is 16.3. The Bertz CT molecular complexity index is 626. The Kier molecular flexibility index (Phi) is 2.73. The van der Waals surface area contributed by atoms with E-state index in [2.05, 4.69) is 30.6 Å². The molecule has 2 aliphatic heterocycles. The molecule has 4 rings (SSSR count). The van der Waals surface area contributed by atoms with E-state index in [1.165, 1.54) is 6.42 Å². The fourth-order valence-electron chi connectivity index (χ4n) is 3.14. The molecule has 2 bridgehead atoms. The van der Waals surface area contributed by atoms with Gasteiger partial charge in [-0.1, -0.05) is 0 Å². The summed E-state index contributed by atoms with van der Waals surface area (Å²) in [6, 6.07) is 0.338. The number of rotatable bonds is 4. The van der Waals surface area contributed by atoms with Gasteiger partial charge in [0, 0.05) is 6.54 Å². The highest BCUT2D eigenvalue weighted by Gasteiger charge is 2.41. The first-order chi connectivity index (χ1) is 9.83. The molecule has 2 saturated heterocycles. The van der Waals surface area contributed by atoms with E-state index in [4.69, 9.17) is 4.74 Å². The number of imidazole rings is 1. The number of fused-ring (bicyclic) bond motifs is 3. The average molecular weight is 274 g/mol. The van der Waals surface area contributed by atoms with Gasteiger partial charge >= 0.3 is 0 Å². The first-order valence-corrected chi connectivity index (χ1v) is 7.20. The summed E-state index contributed by atoms with van der Waals surface area (Å²) in [7, 11) is 0. The van der Waals surface area contributed by atoms with Gasteiger partial charge in [-0.15, -0.1) is 0 Å². The van der Waals surface area contributed by atoms with Gasteiger partial charge in [0.2, 0.25) is 5.95 Å². The van der Waals surface area contributed by atoms with E-state index < -0.39 is 0 Å². The second kappa shape index (κ2) is 4.59. The Labute approximate surface area is 116 Å². The number of aromatic nitrogens is 4. The molecule has 3 unspecified atom stereocenters. The maximum Gasteiger partial charge on any atom is 0.226 e. The molecule has 4 heterocycles. The summed E-state index contributed by atoms with van der Waals surface area (Å²) in [6.45, 7) is 2.81. The molecule has 3 atom stereocenters. The van der Waals surface area contributed by atoms with E-state index in [0.717, 1.165) is 30.7 Å². The monoisotopic (exact) mass is 274 g/mol. The Balaban J connectivity index is 1.65. The molecule has 106 valence electrons. The van der Waals surface area contributed by atoms with Crippen LogP contribution in [0, 0.1) is 0 Å². The maximum atomic E-state index is 5.88. The van der Waals surface area contributed by atoms with Crippen molar-refractivity contribution in [1.82, 2.24) is 19.9 Å². The van der Waals surface area contributed by atoms with Crippen molar-refractivity contribution in [2.45, 2.75) is 44.4 Å². The van der Waals surface area contributed by atoms with Gasteiger partial charge in [0.15, 0.2) is 11.5 Å². The number of anilines is 2. The van der Waals surface area contributed by atoms with E-state index in [1.807, 2.05) is 6.92 Å². The van der Waals surface area contributed by atoms with Crippen LogP contribution < -0.4 is 10.6 Å². The fourth-order valence-corrected chi connectivity index (χ4v) is 3.14. The minimum atomic E-state index is 0.315. The number of nitrogens with one attached hydrogen (secondary N) is 3. The molecule has 0 saturated carbocycles. The van der Waals surface area contributed by atoms with Crippen molar-refractivity contribution >= 4 is 22.9 Å². The van der Waals surface area contributed by atoms with Crippen molar-refractivity contribution in [2.75, 3.05) is 17.2 Å². The van der Waals surface area contributed by atoms with Crippen molar-refractivity contribution in [3.05, 3.63) is 6.33 Å². The van der Waals surface area contributed by atoms with Crippen LogP contribution in [-0.2, 0) is 4.74 Å². The predicted octanol–water partition coefficient (Wildman–Crippen LogP) is 1.52. The van der Waals surface area contributed by atoms with Gasteiger partial charge < -0.3 is 20.4 Å². The van der Waals surface area contributed by atoms with Gasteiger partial charge in [0.1, 0.15) is 5.52 Å². The summed E-state index contributed by atoms with van der Waals surface area (Å²) in [6.07, 6.45) is 5.77. The van der Waals surface area contributed by atoms with Gasteiger partial charge in [0.05, 0.1) is 24.6 Å². The molecular weight excluding hydrogens is 256 g/mol. The van der Waals surface area contributed by atoms with E-state index in [1.54, 1.807) is 6.33 Å². The predicted molar refractivity (Wildman–Crippen MR) is 75.8 cm³/mol. The zero-order chi connectivity index (χ0) is 13.5. The second-order valence-corrected chi connectivity index (χ2v) is 5.39. The summed E-state index contributed by atoms with van der Waals surface area (Å²) >= 11 is 0. The molecule has 0 aliphatic carbocycles. The van der Waals surface area contributed by atoms with Crippen LogP contribution in [0.3, 0.4) is 0 Å². The first-order valence-electron chi connectivity index (χ1n) is 7.20. The minimum Gasteiger partial charge on any atom is -0.373 e. The third-order valence-corrected chi connectivity index (χ3v) is 4.05. The lowest BCUT2D eigenvalue weighted by atomic mass is 9.95. The number of H-pyrrole nitrogens is 1. The summed E-state index contributed by atoms with van der Waals surface area (Å²) < 4.78 is 5.88. The first kappa shape index (κ1) is 11.9. The lowest BCUT2D eigenvalue weighted by Gasteiger charge is -2.21. The van der Waals surface area contributed by atoms with Gasteiger partial charge in [-0.2, -0.15) is 9.97 Å². The SMILES string of the molecule is CCNc1nc(NC2CC3CCC2O3)c2[nH]cnc2n1. The van der Waals surface area contributed by atoms with Gasteiger partial charge in [-0.3, -0.25) is 0 Å². The van der Waals surface area contributed by atoms with Crippen LogP contribution in [0.25, 0.3) is 11.2 Å². The highest BCUT2D eigenvalue weighted by molar-refractivity contribution is 5.83. The fraction of sp³-hybridized carbons (Fsp3) is 0.615. The topological polar surface area (TPSA) is 87.8 Å². The van der Waals surface area contributed by atoms with Gasteiger partial charge in [0.25, 0.3) is 0 Å². The van der Waals surface area contributed by atoms with Crippen LogP contribution in [0.2, 0.25) is 0 Å². The maximum absolute atomic E-state index is 5.88. The quantitative estimate of drug-likeness (QED) is 0.783. The molecule has 2 fully saturated rings. The van der Waals surface area contributed by atoms with Crippen molar-refractivity contribution in [3.63, 3.8) is 0 Å². The number of aromatic amines is 1. The second-order valence-electron chi connectivity index (χ2n) is 5.39. The molecule has 2 aromatic rings. The number of nitrogens with zero attached hydrogens (tertiary/aromatic N) is 3. The highest BCUT2D eigenvalue weighted by Crippen LogP contribution is 2.36. The van der Waals surface area contributed by atoms with E-state index in [9.17, 15) is 0 Å². The Hall–Kier alpha value is -1.89. The Morgan fingerprint density at radius 3 is 3.10 bits per heavy atom. The van der Waals surface area contributed by atoms with Crippen molar-refractivity contribution < 1.29 is 4.74 Å². The third-order valence-electron chi connectivity index (χ3n) is 4.05.